The molecule has 2 heterocycles. The number of benzene rings is 1. The topological polar surface area (TPSA) is 50.8 Å². The lowest BCUT2D eigenvalue weighted by Gasteiger charge is -2.33. The van der Waals surface area contributed by atoms with Crippen molar-refractivity contribution in [1.29, 1.82) is 0 Å². The number of hydrogen-bond donors (Lipinski definition) is 1. The second kappa shape index (κ2) is 9.94. The molecule has 0 unspecified atom stereocenters. The molecule has 0 spiro atoms. The van der Waals surface area contributed by atoms with E-state index < -0.39 is 0 Å². The van der Waals surface area contributed by atoms with Crippen molar-refractivity contribution in [3.8, 4) is 5.75 Å². The van der Waals surface area contributed by atoms with Crippen LogP contribution in [-0.2, 0) is 28.9 Å². The van der Waals surface area contributed by atoms with Crippen molar-refractivity contribution in [2.45, 2.75) is 58.4 Å². The highest BCUT2D eigenvalue weighted by Gasteiger charge is 2.25. The molecule has 1 aromatic rings. The number of rotatable bonds is 7. The average Bonchev–Trinajstić information content (AvgIpc) is 3.21. The maximum Gasteiger partial charge on any atom is 0.223 e. The number of likely N-dealkylation sites (tertiary alicyclic amines) is 1. The minimum atomic E-state index is 0.153. The second-order valence-corrected chi connectivity index (χ2v) is 8.87. The zero-order valence-electron chi connectivity index (χ0n) is 17.9. The van der Waals surface area contributed by atoms with E-state index in [-0.39, 0.29) is 11.8 Å². The van der Waals surface area contributed by atoms with E-state index in [0.29, 0.717) is 5.92 Å². The Labute approximate surface area is 175 Å². The van der Waals surface area contributed by atoms with Crippen LogP contribution < -0.4 is 10.1 Å². The molecule has 4 rings (SSSR count). The fraction of sp³-hybridized carbons (Fsp3) is 0.708. The number of amides is 1. The van der Waals surface area contributed by atoms with Crippen LogP contribution in [0.4, 0.5) is 0 Å². The lowest BCUT2D eigenvalue weighted by atomic mass is 9.95. The van der Waals surface area contributed by atoms with Crippen LogP contribution in [-0.4, -0.2) is 50.3 Å². The van der Waals surface area contributed by atoms with E-state index in [1.807, 2.05) is 0 Å². The summed E-state index contributed by atoms with van der Waals surface area (Å²) in [5.41, 5.74) is 4.35. The van der Waals surface area contributed by atoms with Crippen LogP contribution in [0, 0.1) is 11.8 Å². The summed E-state index contributed by atoms with van der Waals surface area (Å²) >= 11 is 0. The monoisotopic (exact) mass is 400 g/mol. The summed E-state index contributed by atoms with van der Waals surface area (Å²) in [6.07, 6.45) is 7.73. The molecule has 1 amide bonds. The third-order valence-electron chi connectivity index (χ3n) is 6.83. The summed E-state index contributed by atoms with van der Waals surface area (Å²) in [7, 11) is 0. The van der Waals surface area contributed by atoms with E-state index in [2.05, 4.69) is 29.3 Å². The van der Waals surface area contributed by atoms with Gasteiger partial charge in [0, 0.05) is 37.8 Å². The number of carbonyl (C=O) groups is 1. The molecule has 29 heavy (non-hydrogen) atoms. The first-order chi connectivity index (χ1) is 14.2. The first-order valence-electron chi connectivity index (χ1n) is 11.6. The number of piperidine rings is 1. The highest BCUT2D eigenvalue weighted by molar-refractivity contribution is 5.78. The molecular weight excluding hydrogens is 364 g/mol. The molecule has 1 aromatic carbocycles. The summed E-state index contributed by atoms with van der Waals surface area (Å²) in [6.45, 7) is 8.24. The van der Waals surface area contributed by atoms with Gasteiger partial charge in [-0.05, 0) is 88.1 Å². The van der Waals surface area contributed by atoms with Gasteiger partial charge in [0.25, 0.3) is 0 Å². The molecule has 1 N–H and O–H groups in total. The predicted octanol–water partition coefficient (Wildman–Crippen LogP) is 3.33. The van der Waals surface area contributed by atoms with Crippen molar-refractivity contribution < 1.29 is 14.3 Å². The highest BCUT2D eigenvalue weighted by Crippen LogP contribution is 2.31. The Morgan fingerprint density at radius 1 is 1.14 bits per heavy atom. The molecule has 0 saturated carbocycles. The molecule has 2 aliphatic heterocycles. The molecule has 1 aliphatic carbocycles. The van der Waals surface area contributed by atoms with Crippen molar-refractivity contribution in [1.82, 2.24) is 10.2 Å². The minimum absolute atomic E-state index is 0.153. The van der Waals surface area contributed by atoms with Gasteiger partial charge in [-0.15, -0.1) is 0 Å². The Hall–Kier alpha value is -1.59. The average molecular weight is 401 g/mol. The number of hydrogen-bond acceptors (Lipinski definition) is 4. The SMILES string of the molecule is CCOc1cc2c(cc1CN1CCC(CNC(=O)C3CCOCC3)CC1)CCC2. The zero-order chi connectivity index (χ0) is 20.1. The van der Waals surface area contributed by atoms with E-state index >= 15 is 0 Å². The Morgan fingerprint density at radius 2 is 1.86 bits per heavy atom. The van der Waals surface area contributed by atoms with Gasteiger partial charge >= 0.3 is 0 Å². The molecule has 5 heteroatoms. The minimum Gasteiger partial charge on any atom is -0.494 e. The van der Waals surface area contributed by atoms with E-state index in [1.165, 1.54) is 36.0 Å². The van der Waals surface area contributed by atoms with Crippen LogP contribution in [0.2, 0.25) is 0 Å². The van der Waals surface area contributed by atoms with Gasteiger partial charge in [-0.1, -0.05) is 6.07 Å². The molecule has 0 atom stereocenters. The highest BCUT2D eigenvalue weighted by atomic mass is 16.5. The largest absolute Gasteiger partial charge is 0.494 e. The quantitative estimate of drug-likeness (QED) is 0.763. The Bertz CT molecular complexity index is 692. The van der Waals surface area contributed by atoms with E-state index in [0.717, 1.165) is 77.4 Å². The van der Waals surface area contributed by atoms with Gasteiger partial charge in [-0.25, -0.2) is 0 Å². The fourth-order valence-electron chi connectivity index (χ4n) is 5.00. The van der Waals surface area contributed by atoms with Crippen LogP contribution in [0.25, 0.3) is 0 Å². The van der Waals surface area contributed by atoms with Gasteiger partial charge in [0.2, 0.25) is 5.91 Å². The van der Waals surface area contributed by atoms with Gasteiger partial charge < -0.3 is 14.8 Å². The molecule has 0 radical (unpaired) electrons. The standard InChI is InChI=1S/C24H36N2O3/c1-2-29-23-15-21-5-3-4-20(21)14-22(23)17-26-10-6-18(7-11-26)16-25-24(27)19-8-12-28-13-9-19/h14-15,18-19H,2-13,16-17H2,1H3,(H,25,27). The molecule has 160 valence electrons. The van der Waals surface area contributed by atoms with Gasteiger partial charge in [-0.3, -0.25) is 9.69 Å². The van der Waals surface area contributed by atoms with Crippen LogP contribution in [0.1, 0.15) is 55.7 Å². The number of nitrogens with zero attached hydrogens (tertiary/aromatic N) is 1. The summed E-state index contributed by atoms with van der Waals surface area (Å²) in [5.74, 6) is 2.07. The van der Waals surface area contributed by atoms with E-state index in [4.69, 9.17) is 9.47 Å². The Kier molecular flexibility index (Phi) is 7.09. The molecule has 2 fully saturated rings. The lowest BCUT2D eigenvalue weighted by molar-refractivity contribution is -0.128. The van der Waals surface area contributed by atoms with Crippen molar-refractivity contribution in [3.05, 3.63) is 28.8 Å². The van der Waals surface area contributed by atoms with E-state index in [1.54, 1.807) is 0 Å². The summed E-state index contributed by atoms with van der Waals surface area (Å²) < 4.78 is 11.3. The van der Waals surface area contributed by atoms with Crippen LogP contribution >= 0.6 is 0 Å². The molecule has 0 aromatic heterocycles. The van der Waals surface area contributed by atoms with Crippen molar-refractivity contribution in [2.24, 2.45) is 11.8 Å². The number of nitrogens with one attached hydrogen (secondary N) is 1. The van der Waals surface area contributed by atoms with Crippen molar-refractivity contribution >= 4 is 5.91 Å². The van der Waals surface area contributed by atoms with E-state index in [9.17, 15) is 4.79 Å². The second-order valence-electron chi connectivity index (χ2n) is 8.87. The van der Waals surface area contributed by atoms with Gasteiger partial charge in [-0.2, -0.15) is 0 Å². The summed E-state index contributed by atoms with van der Waals surface area (Å²) in [4.78, 5) is 14.9. The van der Waals surface area contributed by atoms with Gasteiger partial charge in [0.05, 0.1) is 6.61 Å². The van der Waals surface area contributed by atoms with Crippen LogP contribution in [0.5, 0.6) is 5.75 Å². The van der Waals surface area contributed by atoms with Crippen molar-refractivity contribution in [2.75, 3.05) is 39.5 Å². The van der Waals surface area contributed by atoms with Gasteiger partial charge in [0.15, 0.2) is 0 Å². The number of ether oxygens (including phenoxy) is 2. The maximum atomic E-state index is 12.3. The normalized spacial score (nSPS) is 21.1. The first kappa shape index (κ1) is 20.7. The molecule has 3 aliphatic rings. The lowest BCUT2D eigenvalue weighted by Crippen LogP contribution is -2.41. The van der Waals surface area contributed by atoms with Crippen LogP contribution in [0.3, 0.4) is 0 Å². The molecule has 5 nitrogen and oxygen atoms in total. The third-order valence-corrected chi connectivity index (χ3v) is 6.83. The third kappa shape index (κ3) is 5.32. The summed E-state index contributed by atoms with van der Waals surface area (Å²) in [6, 6.07) is 4.69. The summed E-state index contributed by atoms with van der Waals surface area (Å²) in [5, 5.41) is 3.21. The number of aryl methyl sites for hydroxylation is 2. The Morgan fingerprint density at radius 3 is 2.59 bits per heavy atom. The molecule has 0 bridgehead atoms. The smallest absolute Gasteiger partial charge is 0.223 e. The maximum absolute atomic E-state index is 12.3. The predicted molar refractivity (Wildman–Crippen MR) is 114 cm³/mol. The fourth-order valence-corrected chi connectivity index (χ4v) is 5.00. The number of carbonyl (C=O) groups excluding carboxylic acids is 1. The van der Waals surface area contributed by atoms with Crippen LogP contribution in [0.15, 0.2) is 12.1 Å². The molecule has 2 saturated heterocycles. The molecular formula is C24H36N2O3. The number of fused-ring (bicyclic) bond motifs is 1. The zero-order valence-corrected chi connectivity index (χ0v) is 17.9. The van der Waals surface area contributed by atoms with Crippen molar-refractivity contribution in [3.63, 3.8) is 0 Å². The Balaban J connectivity index is 1.25. The van der Waals surface area contributed by atoms with Gasteiger partial charge in [0.1, 0.15) is 5.75 Å². The first-order valence-corrected chi connectivity index (χ1v) is 11.6.